The standard InChI is InChI=1S/C10H17BrN2/c11-7-3-4-8-9(5-7)12-13-10(8)6-1-2-6/h6-10,12-13H,1-5H2. The smallest absolute Gasteiger partial charge is 0.0284 e. The van der Waals surface area contributed by atoms with Crippen molar-refractivity contribution in [1.82, 2.24) is 10.9 Å². The Balaban J connectivity index is 1.69. The normalized spacial score (nSPS) is 50.5. The molecule has 3 heteroatoms. The molecule has 2 aliphatic carbocycles. The Hall–Kier alpha value is 0.400. The number of halogens is 1. The van der Waals surface area contributed by atoms with Gasteiger partial charge >= 0.3 is 0 Å². The molecule has 4 unspecified atom stereocenters. The summed E-state index contributed by atoms with van der Waals surface area (Å²) in [6.07, 6.45) is 7.00. The second-order valence-electron chi connectivity index (χ2n) is 4.83. The Morgan fingerprint density at radius 1 is 1.00 bits per heavy atom. The number of rotatable bonds is 1. The summed E-state index contributed by atoms with van der Waals surface area (Å²) in [5.41, 5.74) is 6.99. The van der Waals surface area contributed by atoms with E-state index < -0.39 is 0 Å². The van der Waals surface area contributed by atoms with Crippen molar-refractivity contribution in [1.29, 1.82) is 0 Å². The zero-order valence-electron chi connectivity index (χ0n) is 7.80. The number of hydrazine groups is 1. The van der Waals surface area contributed by atoms with Crippen molar-refractivity contribution in [2.45, 2.75) is 49.0 Å². The van der Waals surface area contributed by atoms with Gasteiger partial charge in [-0.25, -0.2) is 0 Å². The van der Waals surface area contributed by atoms with Crippen LogP contribution >= 0.6 is 15.9 Å². The van der Waals surface area contributed by atoms with E-state index in [0.717, 1.165) is 28.7 Å². The van der Waals surface area contributed by atoms with E-state index in [2.05, 4.69) is 26.8 Å². The molecule has 3 rings (SSSR count). The fourth-order valence-electron chi connectivity index (χ4n) is 2.97. The van der Waals surface area contributed by atoms with Crippen LogP contribution < -0.4 is 10.9 Å². The molecule has 0 aromatic heterocycles. The largest absolute Gasteiger partial charge is 0.254 e. The van der Waals surface area contributed by atoms with E-state index in [4.69, 9.17) is 0 Å². The molecule has 1 heterocycles. The van der Waals surface area contributed by atoms with Gasteiger partial charge in [-0.1, -0.05) is 15.9 Å². The van der Waals surface area contributed by atoms with Gasteiger partial charge in [-0.2, -0.15) is 0 Å². The van der Waals surface area contributed by atoms with Gasteiger partial charge in [0.15, 0.2) is 0 Å². The fourth-order valence-corrected chi connectivity index (χ4v) is 3.64. The average molecular weight is 245 g/mol. The summed E-state index contributed by atoms with van der Waals surface area (Å²) in [6.45, 7) is 0. The third-order valence-electron chi connectivity index (χ3n) is 3.87. The van der Waals surface area contributed by atoms with Crippen molar-refractivity contribution in [2.24, 2.45) is 11.8 Å². The molecule has 0 aromatic rings. The summed E-state index contributed by atoms with van der Waals surface area (Å²) >= 11 is 3.73. The van der Waals surface area contributed by atoms with E-state index >= 15 is 0 Å². The second-order valence-corrected chi connectivity index (χ2v) is 6.13. The molecule has 0 aromatic carbocycles. The van der Waals surface area contributed by atoms with Gasteiger partial charge in [-0.05, 0) is 43.9 Å². The third-order valence-corrected chi connectivity index (χ3v) is 4.70. The molecule has 3 aliphatic rings. The van der Waals surface area contributed by atoms with E-state index in [1.165, 1.54) is 32.1 Å². The van der Waals surface area contributed by atoms with Crippen LogP contribution in [-0.2, 0) is 0 Å². The van der Waals surface area contributed by atoms with Crippen LogP contribution in [0, 0.1) is 11.8 Å². The Morgan fingerprint density at radius 3 is 2.62 bits per heavy atom. The Labute approximate surface area is 87.9 Å². The molecule has 4 atom stereocenters. The zero-order valence-corrected chi connectivity index (χ0v) is 9.39. The molecular weight excluding hydrogens is 228 g/mol. The van der Waals surface area contributed by atoms with Crippen LogP contribution in [0.25, 0.3) is 0 Å². The zero-order chi connectivity index (χ0) is 8.84. The van der Waals surface area contributed by atoms with Crippen LogP contribution in [0.5, 0.6) is 0 Å². The number of nitrogens with one attached hydrogen (secondary N) is 2. The lowest BCUT2D eigenvalue weighted by atomic mass is 9.80. The molecule has 13 heavy (non-hydrogen) atoms. The lowest BCUT2D eigenvalue weighted by Crippen LogP contribution is -2.36. The maximum Gasteiger partial charge on any atom is 0.0284 e. The first-order valence-corrected chi connectivity index (χ1v) is 6.41. The monoisotopic (exact) mass is 244 g/mol. The molecule has 2 nitrogen and oxygen atoms in total. The molecule has 0 bridgehead atoms. The molecule has 2 saturated carbocycles. The van der Waals surface area contributed by atoms with Gasteiger partial charge in [0.05, 0.1) is 0 Å². The maximum absolute atomic E-state index is 3.73. The van der Waals surface area contributed by atoms with Gasteiger partial charge in [0, 0.05) is 16.9 Å². The van der Waals surface area contributed by atoms with Crippen LogP contribution in [0.15, 0.2) is 0 Å². The van der Waals surface area contributed by atoms with Gasteiger partial charge in [0.2, 0.25) is 0 Å². The van der Waals surface area contributed by atoms with Crippen LogP contribution in [0.3, 0.4) is 0 Å². The first kappa shape index (κ1) is 8.69. The minimum atomic E-state index is 0.740. The molecule has 74 valence electrons. The second kappa shape index (κ2) is 3.21. The van der Waals surface area contributed by atoms with Gasteiger partial charge in [0.1, 0.15) is 0 Å². The Morgan fingerprint density at radius 2 is 1.85 bits per heavy atom. The predicted octanol–water partition coefficient (Wildman–Crippen LogP) is 1.80. The molecule has 0 amide bonds. The third kappa shape index (κ3) is 1.55. The number of hydrogen-bond donors (Lipinski definition) is 2. The summed E-state index contributed by atoms with van der Waals surface area (Å²) < 4.78 is 0. The Kier molecular flexibility index (Phi) is 2.15. The lowest BCUT2D eigenvalue weighted by molar-refractivity contribution is 0.299. The van der Waals surface area contributed by atoms with Crippen LogP contribution in [0.2, 0.25) is 0 Å². The van der Waals surface area contributed by atoms with Gasteiger partial charge in [-0.3, -0.25) is 10.9 Å². The van der Waals surface area contributed by atoms with Crippen LogP contribution in [0.1, 0.15) is 32.1 Å². The SMILES string of the molecule is BrC1CCC2C(C1)NNC2C1CC1. The molecule has 0 radical (unpaired) electrons. The van der Waals surface area contributed by atoms with E-state index in [0.29, 0.717) is 0 Å². The number of alkyl halides is 1. The maximum atomic E-state index is 3.73. The first-order valence-electron chi connectivity index (χ1n) is 5.50. The summed E-state index contributed by atoms with van der Waals surface area (Å²) in [6, 6.07) is 1.54. The highest BCUT2D eigenvalue weighted by Gasteiger charge is 2.45. The van der Waals surface area contributed by atoms with Crippen LogP contribution in [0.4, 0.5) is 0 Å². The van der Waals surface area contributed by atoms with Gasteiger partial charge in [0.25, 0.3) is 0 Å². The van der Waals surface area contributed by atoms with Gasteiger partial charge in [-0.15, -0.1) is 0 Å². The highest BCUT2D eigenvalue weighted by atomic mass is 79.9. The van der Waals surface area contributed by atoms with Crippen molar-refractivity contribution in [2.75, 3.05) is 0 Å². The minimum absolute atomic E-state index is 0.740. The van der Waals surface area contributed by atoms with Crippen LogP contribution in [-0.4, -0.2) is 16.9 Å². The van der Waals surface area contributed by atoms with Gasteiger partial charge < -0.3 is 0 Å². The first-order chi connectivity index (χ1) is 6.34. The summed E-state index contributed by atoms with van der Waals surface area (Å²) in [7, 11) is 0. The topological polar surface area (TPSA) is 24.1 Å². The fraction of sp³-hybridized carbons (Fsp3) is 1.00. The van der Waals surface area contributed by atoms with Crippen molar-refractivity contribution < 1.29 is 0 Å². The molecule has 3 fully saturated rings. The lowest BCUT2D eigenvalue weighted by Gasteiger charge is -2.30. The van der Waals surface area contributed by atoms with Crippen molar-refractivity contribution >= 4 is 15.9 Å². The summed E-state index contributed by atoms with van der Waals surface area (Å²) in [5, 5.41) is 0. The number of hydrogen-bond acceptors (Lipinski definition) is 2. The highest BCUT2D eigenvalue weighted by Crippen LogP contribution is 2.43. The van der Waals surface area contributed by atoms with E-state index in [-0.39, 0.29) is 0 Å². The Bertz CT molecular complexity index is 205. The van der Waals surface area contributed by atoms with Crippen molar-refractivity contribution in [3.05, 3.63) is 0 Å². The molecule has 1 aliphatic heterocycles. The molecular formula is C10H17BrN2. The predicted molar refractivity (Wildman–Crippen MR) is 56.6 cm³/mol. The van der Waals surface area contributed by atoms with E-state index in [1.807, 2.05) is 0 Å². The average Bonchev–Trinajstić information content (AvgIpc) is 2.87. The van der Waals surface area contributed by atoms with Crippen molar-refractivity contribution in [3.63, 3.8) is 0 Å². The molecule has 1 saturated heterocycles. The van der Waals surface area contributed by atoms with E-state index in [9.17, 15) is 0 Å². The minimum Gasteiger partial charge on any atom is -0.254 e. The van der Waals surface area contributed by atoms with E-state index in [1.54, 1.807) is 0 Å². The highest BCUT2D eigenvalue weighted by molar-refractivity contribution is 9.09. The summed E-state index contributed by atoms with van der Waals surface area (Å²) in [5.74, 6) is 1.91. The molecule has 0 spiro atoms. The number of fused-ring (bicyclic) bond motifs is 1. The molecule has 2 N–H and O–H groups in total. The summed E-state index contributed by atoms with van der Waals surface area (Å²) in [4.78, 5) is 0.751. The van der Waals surface area contributed by atoms with Crippen molar-refractivity contribution in [3.8, 4) is 0 Å². The quantitative estimate of drug-likeness (QED) is 0.688.